The largest absolute Gasteiger partial charge is 0.493 e. The number of benzene rings is 2. The van der Waals surface area contributed by atoms with Gasteiger partial charge in [0.1, 0.15) is 25.0 Å². The van der Waals surface area contributed by atoms with Gasteiger partial charge in [-0.25, -0.2) is 9.78 Å². The summed E-state index contributed by atoms with van der Waals surface area (Å²) in [6.07, 6.45) is -3.51. The lowest BCUT2D eigenvalue weighted by atomic mass is 10.00. The van der Waals surface area contributed by atoms with Crippen LogP contribution in [0.3, 0.4) is 0 Å². The Balaban J connectivity index is 1.51. The predicted octanol–water partition coefficient (Wildman–Crippen LogP) is 4.16. The van der Waals surface area contributed by atoms with E-state index in [1.165, 1.54) is 39.6 Å². The van der Waals surface area contributed by atoms with Crippen LogP contribution in [-0.4, -0.2) is 59.5 Å². The standard InChI is InChI=1S/C30H30N2O10S/c1-16(33)38-14-25-28(40-18(3)35)24(39-17(2)34)13-26(41-25)32-22-10-6-5-9-21(22)31-30(32)43-15-20-12-19-8-7-11-23(37-4)27(19)42-29(20)36/h5-12,24-26,28H,13-15H2,1-4H3/t24-,25-,26?,28+/m1/s1. The minimum Gasteiger partial charge on any atom is -0.493 e. The molecule has 0 aliphatic carbocycles. The highest BCUT2D eigenvalue weighted by molar-refractivity contribution is 7.98. The third-order valence-corrected chi connectivity index (χ3v) is 7.79. The SMILES string of the molecule is COc1cccc2cc(CSc3nc4ccccc4n3C3C[C@@H](OC(C)=O)[C@H](OC(C)=O)[C@@H](COC(C)=O)O3)c(=O)oc12. The maximum Gasteiger partial charge on any atom is 0.340 e. The van der Waals surface area contributed by atoms with Gasteiger partial charge in [0.05, 0.1) is 18.1 Å². The van der Waals surface area contributed by atoms with Crippen molar-refractivity contribution in [1.29, 1.82) is 0 Å². The van der Waals surface area contributed by atoms with Gasteiger partial charge in [-0.2, -0.15) is 0 Å². The fraction of sp³-hybridized carbons (Fsp3) is 0.367. The molecule has 2 aromatic heterocycles. The maximum atomic E-state index is 12.9. The second kappa shape index (κ2) is 12.9. The van der Waals surface area contributed by atoms with E-state index in [0.29, 0.717) is 33.0 Å². The van der Waals surface area contributed by atoms with Crippen molar-refractivity contribution in [1.82, 2.24) is 9.55 Å². The van der Waals surface area contributed by atoms with Crippen LogP contribution < -0.4 is 10.4 Å². The Morgan fingerprint density at radius 1 is 1.02 bits per heavy atom. The van der Waals surface area contributed by atoms with Gasteiger partial charge in [-0.1, -0.05) is 36.0 Å². The normalized spacial score (nSPS) is 20.1. The molecule has 1 aliphatic rings. The average molecular weight is 611 g/mol. The number of para-hydroxylation sites is 3. The highest BCUT2D eigenvalue weighted by Crippen LogP contribution is 2.38. The number of carbonyl (C=O) groups excluding carboxylic acids is 3. The van der Waals surface area contributed by atoms with Crippen LogP contribution in [0.5, 0.6) is 5.75 Å². The summed E-state index contributed by atoms with van der Waals surface area (Å²) >= 11 is 1.30. The van der Waals surface area contributed by atoms with Gasteiger partial charge in [0.15, 0.2) is 22.6 Å². The van der Waals surface area contributed by atoms with Crippen molar-refractivity contribution >= 4 is 51.7 Å². The number of methoxy groups -OCH3 is 1. The monoisotopic (exact) mass is 610 g/mol. The lowest BCUT2D eigenvalue weighted by Crippen LogP contribution is -2.52. The quantitative estimate of drug-likeness (QED) is 0.116. The number of hydrogen-bond acceptors (Lipinski definition) is 12. The molecule has 0 N–H and O–H groups in total. The van der Waals surface area contributed by atoms with E-state index in [0.717, 1.165) is 5.52 Å². The van der Waals surface area contributed by atoms with E-state index in [-0.39, 0.29) is 18.8 Å². The van der Waals surface area contributed by atoms with Crippen LogP contribution in [-0.2, 0) is 39.1 Å². The van der Waals surface area contributed by atoms with Crippen molar-refractivity contribution in [2.45, 2.75) is 62.6 Å². The van der Waals surface area contributed by atoms with Crippen LogP contribution in [0.2, 0.25) is 0 Å². The van der Waals surface area contributed by atoms with Gasteiger partial charge in [0.2, 0.25) is 0 Å². The minimum absolute atomic E-state index is 0.111. The van der Waals surface area contributed by atoms with Crippen LogP contribution in [0.1, 0.15) is 39.0 Å². The number of fused-ring (bicyclic) bond motifs is 2. The molecule has 0 spiro atoms. The summed E-state index contributed by atoms with van der Waals surface area (Å²) in [7, 11) is 1.51. The molecule has 12 nitrogen and oxygen atoms in total. The molecule has 1 aliphatic heterocycles. The van der Waals surface area contributed by atoms with Gasteiger partial charge in [0, 0.05) is 43.9 Å². The van der Waals surface area contributed by atoms with Crippen LogP contribution >= 0.6 is 11.8 Å². The molecule has 5 rings (SSSR count). The summed E-state index contributed by atoms with van der Waals surface area (Å²) in [4.78, 5) is 53.3. The lowest BCUT2D eigenvalue weighted by Gasteiger charge is -2.40. The smallest absolute Gasteiger partial charge is 0.340 e. The number of carbonyl (C=O) groups is 3. The molecule has 13 heteroatoms. The Morgan fingerprint density at radius 3 is 2.51 bits per heavy atom. The fourth-order valence-corrected chi connectivity index (χ4v) is 6.05. The molecule has 3 heterocycles. The summed E-state index contributed by atoms with van der Waals surface area (Å²) < 4.78 is 35.4. The van der Waals surface area contributed by atoms with Crippen molar-refractivity contribution in [2.75, 3.05) is 13.7 Å². The van der Waals surface area contributed by atoms with E-state index in [4.69, 9.17) is 33.1 Å². The molecule has 0 amide bonds. The number of ether oxygens (including phenoxy) is 5. The van der Waals surface area contributed by atoms with E-state index in [1.807, 2.05) is 41.0 Å². The Labute approximate surface area is 250 Å². The van der Waals surface area contributed by atoms with E-state index >= 15 is 0 Å². The molecule has 1 saturated heterocycles. The molecule has 0 saturated carbocycles. The van der Waals surface area contributed by atoms with E-state index < -0.39 is 48.1 Å². The molecular weight excluding hydrogens is 580 g/mol. The van der Waals surface area contributed by atoms with Crippen molar-refractivity contribution in [3.05, 3.63) is 64.5 Å². The number of imidazole rings is 1. The molecule has 4 aromatic rings. The van der Waals surface area contributed by atoms with Gasteiger partial charge in [-0.3, -0.25) is 19.0 Å². The number of rotatable bonds is 9. The number of esters is 3. The highest BCUT2D eigenvalue weighted by atomic mass is 32.2. The first-order chi connectivity index (χ1) is 20.6. The molecule has 43 heavy (non-hydrogen) atoms. The van der Waals surface area contributed by atoms with Crippen molar-refractivity contribution in [3.8, 4) is 5.75 Å². The number of nitrogens with zero attached hydrogens (tertiary/aromatic N) is 2. The molecule has 0 bridgehead atoms. The number of thioether (sulfide) groups is 1. The van der Waals surface area contributed by atoms with E-state index in [2.05, 4.69) is 0 Å². The molecule has 1 fully saturated rings. The predicted molar refractivity (Wildman–Crippen MR) is 155 cm³/mol. The molecule has 4 atom stereocenters. The summed E-state index contributed by atoms with van der Waals surface area (Å²) in [5, 5.41) is 1.24. The topological polar surface area (TPSA) is 145 Å². The van der Waals surface area contributed by atoms with Crippen molar-refractivity contribution in [2.24, 2.45) is 0 Å². The maximum absolute atomic E-state index is 12.9. The molecular formula is C30H30N2O10S. The molecule has 0 radical (unpaired) electrons. The zero-order valence-corrected chi connectivity index (χ0v) is 24.8. The van der Waals surface area contributed by atoms with Crippen molar-refractivity contribution in [3.63, 3.8) is 0 Å². The molecule has 1 unspecified atom stereocenters. The van der Waals surface area contributed by atoms with Gasteiger partial charge in [-0.05, 0) is 24.3 Å². The average Bonchev–Trinajstić information content (AvgIpc) is 3.33. The Kier molecular flexibility index (Phi) is 9.02. The first kappa shape index (κ1) is 30.1. The number of aromatic nitrogens is 2. The molecule has 226 valence electrons. The minimum atomic E-state index is -1.01. The zero-order chi connectivity index (χ0) is 30.7. The second-order valence-electron chi connectivity index (χ2n) is 9.87. The Bertz CT molecular complexity index is 1730. The molecule has 2 aromatic carbocycles. The summed E-state index contributed by atoms with van der Waals surface area (Å²) in [5.74, 6) is -1.03. The van der Waals surface area contributed by atoms with Gasteiger partial charge >= 0.3 is 23.5 Å². The second-order valence-corrected chi connectivity index (χ2v) is 10.8. The Morgan fingerprint density at radius 2 is 1.79 bits per heavy atom. The lowest BCUT2D eigenvalue weighted by molar-refractivity contribution is -0.227. The summed E-state index contributed by atoms with van der Waals surface area (Å²) in [6, 6.07) is 14.5. The zero-order valence-electron chi connectivity index (χ0n) is 23.9. The third-order valence-electron chi connectivity index (χ3n) is 6.79. The highest BCUT2D eigenvalue weighted by Gasteiger charge is 2.45. The van der Waals surface area contributed by atoms with Crippen LogP contribution in [0.4, 0.5) is 0 Å². The van der Waals surface area contributed by atoms with Crippen LogP contribution in [0.15, 0.2) is 62.9 Å². The van der Waals surface area contributed by atoms with Gasteiger partial charge in [-0.15, -0.1) is 0 Å². The van der Waals surface area contributed by atoms with Gasteiger partial charge < -0.3 is 28.1 Å². The van der Waals surface area contributed by atoms with Crippen LogP contribution in [0.25, 0.3) is 22.0 Å². The van der Waals surface area contributed by atoms with Crippen LogP contribution in [0, 0.1) is 0 Å². The third kappa shape index (κ3) is 6.67. The number of hydrogen-bond donors (Lipinski definition) is 0. The van der Waals surface area contributed by atoms with E-state index in [9.17, 15) is 19.2 Å². The Hall–Kier alpha value is -4.36. The first-order valence-corrected chi connectivity index (χ1v) is 14.5. The van der Waals surface area contributed by atoms with E-state index in [1.54, 1.807) is 12.1 Å². The fourth-order valence-electron chi connectivity index (χ4n) is 5.05. The van der Waals surface area contributed by atoms with Crippen molar-refractivity contribution < 1.29 is 42.5 Å². The summed E-state index contributed by atoms with van der Waals surface area (Å²) in [5.41, 5.74) is 1.69. The summed E-state index contributed by atoms with van der Waals surface area (Å²) in [6.45, 7) is 3.51. The first-order valence-electron chi connectivity index (χ1n) is 13.5. The van der Waals surface area contributed by atoms with Gasteiger partial charge in [0.25, 0.3) is 0 Å².